The Balaban J connectivity index is 2.14. The first-order valence-corrected chi connectivity index (χ1v) is 8.83. The molecule has 0 unspecified atom stereocenters. The van der Waals surface area contributed by atoms with Gasteiger partial charge in [0.2, 0.25) is 10.0 Å². The Bertz CT molecular complexity index is 672. The van der Waals surface area contributed by atoms with Crippen LogP contribution in [0.1, 0.15) is 32.1 Å². The van der Waals surface area contributed by atoms with Gasteiger partial charge in [0.25, 0.3) is 0 Å². The molecule has 9 heteroatoms. The van der Waals surface area contributed by atoms with Crippen molar-refractivity contribution in [1.29, 1.82) is 0 Å². The summed E-state index contributed by atoms with van der Waals surface area (Å²) in [4.78, 5) is 11.3. The van der Waals surface area contributed by atoms with Gasteiger partial charge in [0.05, 0.1) is 10.7 Å². The Morgan fingerprint density at radius 1 is 1.27 bits per heavy atom. The van der Waals surface area contributed by atoms with Crippen molar-refractivity contribution in [2.45, 2.75) is 43.0 Å². The molecule has 0 bridgehead atoms. The molecule has 0 aliphatic heterocycles. The van der Waals surface area contributed by atoms with Gasteiger partial charge in [0.15, 0.2) is 5.75 Å². The van der Waals surface area contributed by atoms with E-state index >= 15 is 0 Å². The fourth-order valence-corrected chi connectivity index (χ4v) is 3.70. The molecule has 0 heterocycles. The predicted octanol–water partition coefficient (Wildman–Crippen LogP) is 2.15. The number of phenolic OH excluding ortho intramolecular Hbond substituents is 1. The van der Waals surface area contributed by atoms with Crippen molar-refractivity contribution in [2.75, 3.05) is 5.32 Å². The molecule has 0 spiro atoms. The highest BCUT2D eigenvalue weighted by Crippen LogP contribution is 2.36. The third kappa shape index (κ3) is 4.02. The third-order valence-electron chi connectivity index (χ3n) is 3.56. The zero-order chi connectivity index (χ0) is 16.3. The van der Waals surface area contributed by atoms with Crippen molar-refractivity contribution < 1.29 is 18.3 Å². The number of urea groups is 1. The van der Waals surface area contributed by atoms with Gasteiger partial charge in [0.1, 0.15) is 4.90 Å². The Morgan fingerprint density at radius 3 is 2.50 bits per heavy atom. The summed E-state index contributed by atoms with van der Waals surface area (Å²) in [5.74, 6) is -0.672. The molecule has 1 fully saturated rings. The largest absolute Gasteiger partial charge is 0.504 e. The number of primary sulfonamides is 1. The number of phenols is 1. The van der Waals surface area contributed by atoms with Gasteiger partial charge < -0.3 is 15.7 Å². The summed E-state index contributed by atoms with van der Waals surface area (Å²) in [6, 6.07) is 2.13. The van der Waals surface area contributed by atoms with Crippen LogP contribution in [-0.4, -0.2) is 25.6 Å². The monoisotopic (exact) mass is 347 g/mol. The highest BCUT2D eigenvalue weighted by Gasteiger charge is 2.23. The minimum atomic E-state index is -4.20. The Morgan fingerprint density at radius 2 is 1.91 bits per heavy atom. The molecule has 5 N–H and O–H groups in total. The molecule has 1 aliphatic carbocycles. The maximum atomic E-state index is 11.9. The Hall–Kier alpha value is -1.51. The number of benzene rings is 1. The van der Waals surface area contributed by atoms with E-state index in [2.05, 4.69) is 10.6 Å². The molecule has 0 radical (unpaired) electrons. The van der Waals surface area contributed by atoms with Crippen LogP contribution in [0, 0.1) is 0 Å². The van der Waals surface area contributed by atoms with Crippen LogP contribution in [0.4, 0.5) is 10.5 Å². The summed E-state index contributed by atoms with van der Waals surface area (Å²) in [5.41, 5.74) is -0.0678. The molecule has 7 nitrogen and oxygen atoms in total. The minimum Gasteiger partial charge on any atom is -0.504 e. The van der Waals surface area contributed by atoms with Gasteiger partial charge in [-0.25, -0.2) is 18.4 Å². The fraction of sp³-hybridized carbons (Fsp3) is 0.462. The van der Waals surface area contributed by atoms with Crippen LogP contribution in [0.5, 0.6) is 5.75 Å². The molecule has 2 amide bonds. The zero-order valence-electron chi connectivity index (χ0n) is 11.8. The number of sulfonamides is 1. The Kier molecular flexibility index (Phi) is 5.15. The second kappa shape index (κ2) is 6.72. The normalized spacial score (nSPS) is 16.3. The number of nitrogens with two attached hydrogens (primary N) is 1. The number of rotatable bonds is 3. The van der Waals surface area contributed by atoms with Crippen LogP contribution in [0.3, 0.4) is 0 Å². The topological polar surface area (TPSA) is 122 Å². The number of hydrogen-bond acceptors (Lipinski definition) is 4. The van der Waals surface area contributed by atoms with E-state index in [9.17, 15) is 18.3 Å². The fourth-order valence-electron chi connectivity index (χ4n) is 2.51. The molecule has 0 atom stereocenters. The highest BCUT2D eigenvalue weighted by molar-refractivity contribution is 7.89. The Labute approximate surface area is 133 Å². The highest BCUT2D eigenvalue weighted by atomic mass is 35.5. The van der Waals surface area contributed by atoms with Gasteiger partial charge in [-0.2, -0.15) is 0 Å². The van der Waals surface area contributed by atoms with E-state index in [4.69, 9.17) is 16.7 Å². The summed E-state index contributed by atoms with van der Waals surface area (Å²) in [7, 11) is -4.20. The SMILES string of the molecule is NS(=O)(=O)c1c(Cl)ccc(NC(=O)NC2CCCCC2)c1O. The first-order chi connectivity index (χ1) is 10.3. The van der Waals surface area contributed by atoms with Crippen molar-refractivity contribution >= 4 is 33.3 Å². The van der Waals surface area contributed by atoms with Gasteiger partial charge in [-0.15, -0.1) is 0 Å². The maximum absolute atomic E-state index is 11.9. The lowest BCUT2D eigenvalue weighted by atomic mass is 9.96. The average Bonchev–Trinajstić information content (AvgIpc) is 2.42. The van der Waals surface area contributed by atoms with Crippen molar-refractivity contribution in [3.8, 4) is 5.75 Å². The summed E-state index contributed by atoms with van der Waals surface area (Å²) < 4.78 is 22.9. The molecule has 1 aromatic rings. The lowest BCUT2D eigenvalue weighted by Gasteiger charge is -2.23. The quantitative estimate of drug-likeness (QED) is 0.626. The van der Waals surface area contributed by atoms with Crippen molar-refractivity contribution in [2.24, 2.45) is 5.14 Å². The smallest absolute Gasteiger partial charge is 0.319 e. The lowest BCUT2D eigenvalue weighted by Crippen LogP contribution is -2.39. The molecule has 0 saturated heterocycles. The zero-order valence-corrected chi connectivity index (χ0v) is 13.4. The maximum Gasteiger partial charge on any atom is 0.319 e. The number of carbonyl (C=O) groups excluding carboxylic acids is 1. The lowest BCUT2D eigenvalue weighted by molar-refractivity contribution is 0.244. The van der Waals surface area contributed by atoms with E-state index in [0.29, 0.717) is 0 Å². The summed E-state index contributed by atoms with van der Waals surface area (Å²) in [6.45, 7) is 0. The number of hydrogen-bond donors (Lipinski definition) is 4. The molecule has 22 heavy (non-hydrogen) atoms. The van der Waals surface area contributed by atoms with Gasteiger partial charge in [-0.3, -0.25) is 0 Å². The summed E-state index contributed by atoms with van der Waals surface area (Å²) in [6.07, 6.45) is 5.10. The first kappa shape index (κ1) is 16.9. The average molecular weight is 348 g/mol. The molecule has 1 saturated carbocycles. The van der Waals surface area contributed by atoms with Gasteiger partial charge in [-0.05, 0) is 25.0 Å². The first-order valence-electron chi connectivity index (χ1n) is 6.91. The van der Waals surface area contributed by atoms with Crippen molar-refractivity contribution in [3.63, 3.8) is 0 Å². The number of carbonyl (C=O) groups is 1. The van der Waals surface area contributed by atoms with Gasteiger partial charge >= 0.3 is 6.03 Å². The van der Waals surface area contributed by atoms with E-state index in [0.717, 1.165) is 32.1 Å². The van der Waals surface area contributed by atoms with Crippen molar-refractivity contribution in [3.05, 3.63) is 17.2 Å². The molecule has 122 valence electrons. The number of anilines is 1. The van der Waals surface area contributed by atoms with Crippen LogP contribution in [0.2, 0.25) is 5.02 Å². The van der Waals surface area contributed by atoms with E-state index in [1.807, 2.05) is 0 Å². The number of aromatic hydroxyl groups is 1. The second-order valence-electron chi connectivity index (χ2n) is 5.25. The minimum absolute atomic E-state index is 0.0678. The van der Waals surface area contributed by atoms with Gasteiger partial charge in [-0.1, -0.05) is 30.9 Å². The standard InChI is InChI=1S/C13H18ClN3O4S/c14-9-6-7-10(11(18)12(9)22(15,20)21)17-13(19)16-8-4-2-1-3-5-8/h6-8,18H,1-5H2,(H2,15,20,21)(H2,16,17,19). The summed E-state index contributed by atoms with van der Waals surface area (Å²) >= 11 is 5.73. The molecular formula is C13H18ClN3O4S. The molecule has 2 rings (SSSR count). The third-order valence-corrected chi connectivity index (χ3v) is 4.97. The number of halogens is 1. The van der Waals surface area contributed by atoms with Gasteiger partial charge in [0, 0.05) is 6.04 Å². The van der Waals surface area contributed by atoms with E-state index in [1.54, 1.807) is 0 Å². The van der Waals surface area contributed by atoms with Crippen LogP contribution >= 0.6 is 11.6 Å². The van der Waals surface area contributed by atoms with E-state index < -0.39 is 26.7 Å². The number of amides is 2. The molecular weight excluding hydrogens is 330 g/mol. The molecule has 1 aliphatic rings. The number of nitrogens with one attached hydrogen (secondary N) is 2. The molecule has 1 aromatic carbocycles. The van der Waals surface area contributed by atoms with E-state index in [-0.39, 0.29) is 16.8 Å². The molecule has 0 aromatic heterocycles. The van der Waals surface area contributed by atoms with Crippen LogP contribution < -0.4 is 15.8 Å². The van der Waals surface area contributed by atoms with Crippen LogP contribution in [0.15, 0.2) is 17.0 Å². The second-order valence-corrected chi connectivity index (χ2v) is 7.16. The predicted molar refractivity (Wildman–Crippen MR) is 83.5 cm³/mol. The van der Waals surface area contributed by atoms with Crippen LogP contribution in [0.25, 0.3) is 0 Å². The van der Waals surface area contributed by atoms with E-state index in [1.165, 1.54) is 12.1 Å². The van der Waals surface area contributed by atoms with Crippen LogP contribution in [-0.2, 0) is 10.0 Å². The van der Waals surface area contributed by atoms with Crippen molar-refractivity contribution in [1.82, 2.24) is 5.32 Å². The summed E-state index contributed by atoms with van der Waals surface area (Å²) in [5, 5.41) is 20.0.